The minimum Gasteiger partial charge on any atom is -0.456 e. The third-order valence-corrected chi connectivity index (χ3v) is 2.81. The molecule has 1 unspecified atom stereocenters. The monoisotopic (exact) mass is 255 g/mol. The van der Waals surface area contributed by atoms with Gasteiger partial charge >= 0.3 is 11.9 Å². The van der Waals surface area contributed by atoms with Crippen LogP contribution in [0.2, 0.25) is 0 Å². The summed E-state index contributed by atoms with van der Waals surface area (Å²) >= 11 is 0. The molecule has 1 aromatic carbocycles. The van der Waals surface area contributed by atoms with E-state index in [1.807, 2.05) is 32.0 Å². The normalized spacial score (nSPS) is 21.8. The maximum absolute atomic E-state index is 12.9. The summed E-state index contributed by atoms with van der Waals surface area (Å²) in [6.07, 6.45) is -1.32. The van der Waals surface area contributed by atoms with E-state index in [1.165, 1.54) is 0 Å². The molecule has 1 aliphatic heterocycles. The Bertz CT molecular complexity index is 454. The Morgan fingerprint density at radius 1 is 1.33 bits per heavy atom. The van der Waals surface area contributed by atoms with Gasteiger partial charge in [-0.05, 0) is 37.1 Å². The highest BCUT2D eigenvalue weighted by atomic mass is 19.3. The van der Waals surface area contributed by atoms with Crippen LogP contribution in [-0.2, 0) is 9.53 Å². The Morgan fingerprint density at radius 2 is 1.94 bits per heavy atom. The number of cyclic esters (lactones) is 1. The molecule has 3 nitrogen and oxygen atoms in total. The van der Waals surface area contributed by atoms with Crippen LogP contribution >= 0.6 is 0 Å². The number of halogens is 2. The highest BCUT2D eigenvalue weighted by Crippen LogP contribution is 2.31. The Balaban J connectivity index is 1.95. The van der Waals surface area contributed by atoms with Crippen molar-refractivity contribution in [1.82, 2.24) is 0 Å². The minimum absolute atomic E-state index is 0.199. The number of carbonyl (C=O) groups is 1. The summed E-state index contributed by atoms with van der Waals surface area (Å²) in [6, 6.07) is 5.86. The molecule has 1 fully saturated rings. The number of anilines is 1. The van der Waals surface area contributed by atoms with Crippen LogP contribution in [0, 0.1) is 13.8 Å². The highest BCUT2D eigenvalue weighted by molar-refractivity contribution is 5.79. The predicted octanol–water partition coefficient (Wildman–Crippen LogP) is 2.67. The zero-order valence-corrected chi connectivity index (χ0v) is 10.3. The average Bonchev–Trinajstić information content (AvgIpc) is 2.49. The van der Waals surface area contributed by atoms with Crippen molar-refractivity contribution in [1.29, 1.82) is 0 Å². The van der Waals surface area contributed by atoms with Crippen molar-refractivity contribution >= 4 is 11.7 Å². The van der Waals surface area contributed by atoms with Crippen molar-refractivity contribution in [2.75, 3.05) is 11.9 Å². The van der Waals surface area contributed by atoms with E-state index in [1.54, 1.807) is 0 Å². The molecule has 2 rings (SSSR count). The van der Waals surface area contributed by atoms with Gasteiger partial charge in [-0.3, -0.25) is 0 Å². The lowest BCUT2D eigenvalue weighted by Gasteiger charge is -2.12. The Morgan fingerprint density at radius 3 is 2.44 bits per heavy atom. The molecule has 0 saturated carbocycles. The van der Waals surface area contributed by atoms with Gasteiger partial charge in [0.2, 0.25) is 0 Å². The second-order valence-corrected chi connectivity index (χ2v) is 4.69. The largest absolute Gasteiger partial charge is 0.456 e. The van der Waals surface area contributed by atoms with Crippen molar-refractivity contribution in [2.45, 2.75) is 32.3 Å². The van der Waals surface area contributed by atoms with Crippen LogP contribution in [0.3, 0.4) is 0 Å². The standard InChI is InChI=1S/C13H15F2NO2/c1-8-3-9(2)5-10(4-8)16-7-11-6-13(14,15)12(17)18-11/h3-5,11,16H,6-7H2,1-2H3. The van der Waals surface area contributed by atoms with Gasteiger partial charge in [0.15, 0.2) is 0 Å². The van der Waals surface area contributed by atoms with E-state index in [-0.39, 0.29) is 6.54 Å². The lowest BCUT2D eigenvalue weighted by molar-refractivity contribution is -0.158. The second-order valence-electron chi connectivity index (χ2n) is 4.69. The average molecular weight is 255 g/mol. The SMILES string of the molecule is Cc1cc(C)cc(NCC2CC(F)(F)C(=O)O2)c1. The van der Waals surface area contributed by atoms with Crippen molar-refractivity contribution in [3.8, 4) is 0 Å². The summed E-state index contributed by atoms with van der Waals surface area (Å²) in [6.45, 7) is 4.12. The number of nitrogens with one attached hydrogen (secondary N) is 1. The fraction of sp³-hybridized carbons (Fsp3) is 0.462. The first kappa shape index (κ1) is 12.8. The number of hydrogen-bond donors (Lipinski definition) is 1. The van der Waals surface area contributed by atoms with E-state index in [0.717, 1.165) is 16.8 Å². The van der Waals surface area contributed by atoms with Crippen LogP contribution in [0.15, 0.2) is 18.2 Å². The first-order chi connectivity index (χ1) is 8.37. The molecular weight excluding hydrogens is 240 g/mol. The molecular formula is C13H15F2NO2. The number of rotatable bonds is 3. The lowest BCUT2D eigenvalue weighted by Crippen LogP contribution is -2.22. The van der Waals surface area contributed by atoms with Gasteiger partial charge in [-0.25, -0.2) is 4.79 Å². The van der Waals surface area contributed by atoms with Crippen LogP contribution in [0.25, 0.3) is 0 Å². The third kappa shape index (κ3) is 2.78. The van der Waals surface area contributed by atoms with Gasteiger partial charge in [-0.15, -0.1) is 0 Å². The number of aryl methyl sites for hydroxylation is 2. The van der Waals surface area contributed by atoms with Gasteiger partial charge in [-0.1, -0.05) is 6.07 Å². The van der Waals surface area contributed by atoms with E-state index in [4.69, 9.17) is 0 Å². The van der Waals surface area contributed by atoms with Crippen molar-refractivity contribution in [2.24, 2.45) is 0 Å². The molecule has 98 valence electrons. The first-order valence-electron chi connectivity index (χ1n) is 5.78. The summed E-state index contributed by atoms with van der Waals surface area (Å²) < 4.78 is 30.5. The number of alkyl halides is 2. The number of ether oxygens (including phenoxy) is 1. The minimum atomic E-state index is -3.34. The molecule has 0 aromatic heterocycles. The summed E-state index contributed by atoms with van der Waals surface area (Å²) in [5, 5.41) is 3.02. The summed E-state index contributed by atoms with van der Waals surface area (Å²) in [5.41, 5.74) is 3.02. The molecule has 0 spiro atoms. The first-order valence-corrected chi connectivity index (χ1v) is 5.78. The van der Waals surface area contributed by atoms with Crippen molar-refractivity contribution in [3.63, 3.8) is 0 Å². The van der Waals surface area contributed by atoms with Crippen molar-refractivity contribution in [3.05, 3.63) is 29.3 Å². The van der Waals surface area contributed by atoms with Crippen LogP contribution in [-0.4, -0.2) is 24.5 Å². The quantitative estimate of drug-likeness (QED) is 0.844. The van der Waals surface area contributed by atoms with Crippen LogP contribution in [0.4, 0.5) is 14.5 Å². The Hall–Kier alpha value is -1.65. The summed E-state index contributed by atoms with van der Waals surface area (Å²) in [4.78, 5) is 10.8. The molecule has 5 heteroatoms. The Kier molecular flexibility index (Phi) is 3.24. The fourth-order valence-electron chi connectivity index (χ4n) is 2.07. The molecule has 1 heterocycles. The molecule has 0 aliphatic carbocycles. The van der Waals surface area contributed by atoms with E-state index in [9.17, 15) is 13.6 Å². The molecule has 1 saturated heterocycles. The van der Waals surface area contributed by atoms with Gasteiger partial charge in [0.25, 0.3) is 0 Å². The molecule has 0 radical (unpaired) electrons. The van der Waals surface area contributed by atoms with E-state index in [2.05, 4.69) is 10.1 Å². The van der Waals surface area contributed by atoms with Gasteiger partial charge in [-0.2, -0.15) is 8.78 Å². The second kappa shape index (κ2) is 4.55. The molecule has 1 aromatic rings. The fourth-order valence-corrected chi connectivity index (χ4v) is 2.07. The smallest absolute Gasteiger partial charge is 0.377 e. The zero-order valence-electron chi connectivity index (χ0n) is 10.3. The molecule has 0 amide bonds. The maximum Gasteiger partial charge on any atom is 0.377 e. The molecule has 0 bridgehead atoms. The number of carbonyl (C=O) groups excluding carboxylic acids is 1. The number of esters is 1. The number of hydrogen-bond acceptors (Lipinski definition) is 3. The predicted molar refractivity (Wildman–Crippen MR) is 63.8 cm³/mol. The molecule has 18 heavy (non-hydrogen) atoms. The molecule has 1 aliphatic rings. The van der Waals surface area contributed by atoms with Gasteiger partial charge < -0.3 is 10.1 Å². The third-order valence-electron chi connectivity index (χ3n) is 2.81. The van der Waals surface area contributed by atoms with Gasteiger partial charge in [0, 0.05) is 5.69 Å². The number of benzene rings is 1. The zero-order chi connectivity index (χ0) is 13.3. The molecule has 1 N–H and O–H groups in total. The van der Waals surface area contributed by atoms with Gasteiger partial charge in [0.1, 0.15) is 6.10 Å². The van der Waals surface area contributed by atoms with E-state index < -0.39 is 24.4 Å². The summed E-state index contributed by atoms with van der Waals surface area (Å²) in [5.74, 6) is -4.76. The maximum atomic E-state index is 12.9. The lowest BCUT2D eigenvalue weighted by atomic mass is 10.1. The highest BCUT2D eigenvalue weighted by Gasteiger charge is 2.50. The Labute approximate surface area is 104 Å². The van der Waals surface area contributed by atoms with Crippen LogP contribution in [0.1, 0.15) is 17.5 Å². The van der Waals surface area contributed by atoms with E-state index >= 15 is 0 Å². The summed E-state index contributed by atoms with van der Waals surface area (Å²) in [7, 11) is 0. The van der Waals surface area contributed by atoms with Crippen molar-refractivity contribution < 1.29 is 18.3 Å². The topological polar surface area (TPSA) is 38.3 Å². The van der Waals surface area contributed by atoms with E-state index in [0.29, 0.717) is 0 Å². The van der Waals surface area contributed by atoms with Crippen LogP contribution < -0.4 is 5.32 Å². The molecule has 1 atom stereocenters. The van der Waals surface area contributed by atoms with Crippen LogP contribution in [0.5, 0.6) is 0 Å². The van der Waals surface area contributed by atoms with Gasteiger partial charge in [0.05, 0.1) is 13.0 Å².